The minimum Gasteiger partial charge on any atom is -0.390 e. The van der Waals surface area contributed by atoms with Crippen molar-refractivity contribution in [2.45, 2.75) is 19.8 Å². The van der Waals surface area contributed by atoms with Crippen LogP contribution >= 0.6 is 0 Å². The molecule has 2 heterocycles. The van der Waals surface area contributed by atoms with Gasteiger partial charge in [-0.05, 0) is 11.6 Å². The van der Waals surface area contributed by atoms with Crippen LogP contribution in [0.2, 0.25) is 0 Å². The van der Waals surface area contributed by atoms with Gasteiger partial charge in [-0.1, -0.05) is 48.5 Å². The van der Waals surface area contributed by atoms with Crippen LogP contribution in [0.4, 0.5) is 0 Å². The summed E-state index contributed by atoms with van der Waals surface area (Å²) in [6, 6.07) is 18.2. The molecule has 0 amide bonds. The third-order valence-electron chi connectivity index (χ3n) is 4.21. The molecule has 0 aliphatic rings. The van der Waals surface area contributed by atoms with Crippen molar-refractivity contribution in [1.29, 1.82) is 0 Å². The highest BCUT2D eigenvalue weighted by molar-refractivity contribution is 6.07. The summed E-state index contributed by atoms with van der Waals surface area (Å²) in [6.07, 6.45) is 0. The smallest absolute Gasteiger partial charge is 0.156 e. The van der Waals surface area contributed by atoms with Gasteiger partial charge in [-0.15, -0.1) is 0 Å². The zero-order valence-electron chi connectivity index (χ0n) is 13.1. The maximum Gasteiger partial charge on any atom is 0.156 e. The molecule has 0 saturated heterocycles. The van der Waals surface area contributed by atoms with Crippen molar-refractivity contribution in [1.82, 2.24) is 14.5 Å². The molecule has 5 nitrogen and oxygen atoms in total. The summed E-state index contributed by atoms with van der Waals surface area (Å²) in [5.74, 6) is 0.323. The van der Waals surface area contributed by atoms with Gasteiger partial charge in [-0.2, -0.15) is 0 Å². The highest BCUT2D eigenvalue weighted by atomic mass is 16.3. The van der Waals surface area contributed by atoms with Crippen molar-refractivity contribution in [3.8, 4) is 0 Å². The Morgan fingerprint density at radius 2 is 1.58 bits per heavy atom. The first-order valence-electron chi connectivity index (χ1n) is 7.84. The highest BCUT2D eigenvalue weighted by Gasteiger charge is 2.17. The van der Waals surface area contributed by atoms with E-state index >= 15 is 0 Å². The average molecular weight is 319 g/mol. The molecule has 0 spiro atoms. The van der Waals surface area contributed by atoms with Gasteiger partial charge in [0.1, 0.15) is 12.3 Å². The fourth-order valence-corrected chi connectivity index (χ4v) is 3.16. The molecule has 4 rings (SSSR count). The Morgan fingerprint density at radius 3 is 2.33 bits per heavy atom. The standard InChI is InChI=1S/C19H17N3O2/c23-11-15-18-14-8-4-5-9-16(14)22(10-13-6-2-1-3-7-13)19(18)21-17(12-24)20-15/h1-9,23-24H,10-12H2. The van der Waals surface area contributed by atoms with Gasteiger partial charge in [0.05, 0.1) is 23.2 Å². The number of aliphatic hydroxyl groups is 2. The van der Waals surface area contributed by atoms with Gasteiger partial charge in [0, 0.05) is 11.9 Å². The lowest BCUT2D eigenvalue weighted by Crippen LogP contribution is -2.05. The van der Waals surface area contributed by atoms with Crippen molar-refractivity contribution in [3.63, 3.8) is 0 Å². The lowest BCUT2D eigenvalue weighted by molar-refractivity contribution is 0.263. The normalized spacial score (nSPS) is 11.4. The van der Waals surface area contributed by atoms with E-state index in [4.69, 9.17) is 0 Å². The molecule has 0 radical (unpaired) electrons. The van der Waals surface area contributed by atoms with Crippen LogP contribution in [0.1, 0.15) is 17.1 Å². The number of hydrogen-bond acceptors (Lipinski definition) is 4. The molecule has 0 atom stereocenters. The van der Waals surface area contributed by atoms with Gasteiger partial charge in [0.2, 0.25) is 0 Å². The third-order valence-corrected chi connectivity index (χ3v) is 4.21. The molecule has 0 fully saturated rings. The number of para-hydroxylation sites is 1. The molecule has 0 bridgehead atoms. The first-order chi connectivity index (χ1) is 11.8. The highest BCUT2D eigenvalue weighted by Crippen LogP contribution is 2.30. The zero-order valence-corrected chi connectivity index (χ0v) is 13.1. The fourth-order valence-electron chi connectivity index (χ4n) is 3.16. The minimum absolute atomic E-state index is 0.189. The average Bonchev–Trinajstić information content (AvgIpc) is 2.96. The lowest BCUT2D eigenvalue weighted by Gasteiger charge is -2.08. The number of hydrogen-bond donors (Lipinski definition) is 2. The number of benzene rings is 2. The van der Waals surface area contributed by atoms with E-state index in [1.807, 2.05) is 42.5 Å². The molecule has 4 aromatic rings. The van der Waals surface area contributed by atoms with E-state index < -0.39 is 0 Å². The largest absolute Gasteiger partial charge is 0.390 e. The van der Waals surface area contributed by atoms with Crippen LogP contribution < -0.4 is 0 Å². The molecule has 120 valence electrons. The molecule has 2 aromatic heterocycles. The number of aromatic nitrogens is 3. The Labute approximate surface area is 138 Å². The van der Waals surface area contributed by atoms with Gasteiger partial charge in [0.25, 0.3) is 0 Å². The van der Waals surface area contributed by atoms with Gasteiger partial charge < -0.3 is 14.8 Å². The van der Waals surface area contributed by atoms with Crippen LogP contribution in [-0.2, 0) is 19.8 Å². The van der Waals surface area contributed by atoms with E-state index in [2.05, 4.69) is 26.7 Å². The summed E-state index contributed by atoms with van der Waals surface area (Å²) in [7, 11) is 0. The predicted octanol–water partition coefficient (Wildman–Crippen LogP) is 2.62. The van der Waals surface area contributed by atoms with Gasteiger partial charge in [-0.3, -0.25) is 0 Å². The summed E-state index contributed by atoms with van der Waals surface area (Å²) >= 11 is 0. The second-order valence-corrected chi connectivity index (χ2v) is 5.69. The molecule has 0 saturated carbocycles. The molecule has 2 aromatic carbocycles. The van der Waals surface area contributed by atoms with E-state index in [9.17, 15) is 10.2 Å². The van der Waals surface area contributed by atoms with Crippen molar-refractivity contribution in [2.24, 2.45) is 0 Å². The second-order valence-electron chi connectivity index (χ2n) is 5.69. The monoisotopic (exact) mass is 319 g/mol. The van der Waals surface area contributed by atoms with Crippen LogP contribution in [0.25, 0.3) is 21.9 Å². The molecular formula is C19H17N3O2. The Morgan fingerprint density at radius 1 is 0.833 bits per heavy atom. The molecule has 5 heteroatoms. The van der Waals surface area contributed by atoms with E-state index in [1.165, 1.54) is 0 Å². The zero-order chi connectivity index (χ0) is 16.5. The van der Waals surface area contributed by atoms with Gasteiger partial charge in [0.15, 0.2) is 5.82 Å². The Kier molecular flexibility index (Phi) is 3.72. The molecular weight excluding hydrogens is 302 g/mol. The van der Waals surface area contributed by atoms with Crippen LogP contribution in [0.5, 0.6) is 0 Å². The molecule has 0 unspecified atom stereocenters. The number of aliphatic hydroxyl groups excluding tert-OH is 2. The lowest BCUT2D eigenvalue weighted by atomic mass is 10.1. The first-order valence-corrected chi connectivity index (χ1v) is 7.84. The SMILES string of the molecule is OCc1nc(CO)c2c3ccccc3n(Cc3ccccc3)c2n1. The van der Waals surface area contributed by atoms with E-state index in [0.717, 1.165) is 27.5 Å². The van der Waals surface area contributed by atoms with Gasteiger partial charge in [-0.25, -0.2) is 9.97 Å². The molecule has 2 N–H and O–H groups in total. The van der Waals surface area contributed by atoms with E-state index in [-0.39, 0.29) is 13.2 Å². The van der Waals surface area contributed by atoms with Crippen LogP contribution in [0.15, 0.2) is 54.6 Å². The summed E-state index contributed by atoms with van der Waals surface area (Å²) in [6.45, 7) is 0.221. The van der Waals surface area contributed by atoms with Crippen molar-refractivity contribution in [2.75, 3.05) is 0 Å². The maximum atomic E-state index is 9.73. The van der Waals surface area contributed by atoms with Crippen molar-refractivity contribution < 1.29 is 10.2 Å². The van der Waals surface area contributed by atoms with Crippen molar-refractivity contribution in [3.05, 3.63) is 71.7 Å². The van der Waals surface area contributed by atoms with E-state index in [1.54, 1.807) is 0 Å². The van der Waals surface area contributed by atoms with E-state index in [0.29, 0.717) is 18.1 Å². The van der Waals surface area contributed by atoms with Gasteiger partial charge >= 0.3 is 0 Å². The minimum atomic E-state index is -0.254. The number of nitrogens with zero attached hydrogens (tertiary/aromatic N) is 3. The number of rotatable bonds is 4. The Balaban J connectivity index is 2.05. The maximum absolute atomic E-state index is 9.73. The Hall–Kier alpha value is -2.76. The second kappa shape index (κ2) is 6.03. The summed E-state index contributed by atoms with van der Waals surface area (Å²) < 4.78 is 2.11. The quantitative estimate of drug-likeness (QED) is 0.606. The topological polar surface area (TPSA) is 71.2 Å². The van der Waals surface area contributed by atoms with Crippen LogP contribution in [0, 0.1) is 0 Å². The predicted molar refractivity (Wildman–Crippen MR) is 92.4 cm³/mol. The van der Waals surface area contributed by atoms with Crippen LogP contribution in [0.3, 0.4) is 0 Å². The summed E-state index contributed by atoms with van der Waals surface area (Å²) in [4.78, 5) is 8.81. The number of fused-ring (bicyclic) bond motifs is 3. The third kappa shape index (κ3) is 2.35. The fraction of sp³-hybridized carbons (Fsp3) is 0.158. The molecule has 24 heavy (non-hydrogen) atoms. The molecule has 0 aliphatic carbocycles. The Bertz CT molecular complexity index is 1010. The summed E-state index contributed by atoms with van der Waals surface area (Å²) in [5.41, 5.74) is 3.49. The first kappa shape index (κ1) is 14.8. The molecule has 0 aliphatic heterocycles. The van der Waals surface area contributed by atoms with Crippen LogP contribution in [-0.4, -0.2) is 24.7 Å². The van der Waals surface area contributed by atoms with Crippen molar-refractivity contribution >= 4 is 21.9 Å². The summed E-state index contributed by atoms with van der Waals surface area (Å²) in [5, 5.41) is 21.0.